The van der Waals surface area contributed by atoms with Crippen molar-refractivity contribution in [2.75, 3.05) is 12.4 Å². The first-order valence-electron chi connectivity index (χ1n) is 8.70. The Bertz CT molecular complexity index is 927. The third-order valence-electron chi connectivity index (χ3n) is 4.89. The summed E-state index contributed by atoms with van der Waals surface area (Å²) >= 11 is 7.47. The SMILES string of the molecule is COSN=c1c(Nc2ccncn2)cc(Cl)c2n1C1(CCCCC1)NC2=O. The largest absolute Gasteiger partial charge is 0.337 e. The number of nitrogens with zero attached hydrogens (tertiary/aromatic N) is 4. The minimum atomic E-state index is -0.509. The number of hydrogen-bond acceptors (Lipinski definition) is 7. The van der Waals surface area contributed by atoms with Gasteiger partial charge in [0.25, 0.3) is 5.91 Å². The summed E-state index contributed by atoms with van der Waals surface area (Å²) in [7, 11) is 1.55. The fraction of sp³-hybridized carbons (Fsp3) is 0.412. The first-order valence-corrected chi connectivity index (χ1v) is 9.78. The Morgan fingerprint density at radius 1 is 1.41 bits per heavy atom. The summed E-state index contributed by atoms with van der Waals surface area (Å²) in [5, 5.41) is 6.76. The lowest BCUT2D eigenvalue weighted by molar-refractivity contribution is 0.0876. The Balaban J connectivity index is 1.93. The van der Waals surface area contributed by atoms with Crippen LogP contribution in [0.5, 0.6) is 0 Å². The molecule has 2 aromatic rings. The van der Waals surface area contributed by atoms with Crippen LogP contribution in [0.15, 0.2) is 29.1 Å². The first-order chi connectivity index (χ1) is 13.1. The molecule has 0 bridgehead atoms. The van der Waals surface area contributed by atoms with Crippen molar-refractivity contribution < 1.29 is 8.98 Å². The van der Waals surface area contributed by atoms with Crippen LogP contribution < -0.4 is 16.1 Å². The summed E-state index contributed by atoms with van der Waals surface area (Å²) in [4.78, 5) is 20.8. The maximum Gasteiger partial charge on any atom is 0.271 e. The van der Waals surface area contributed by atoms with Crippen LogP contribution in [0.2, 0.25) is 5.02 Å². The molecule has 142 valence electrons. The van der Waals surface area contributed by atoms with E-state index in [1.165, 1.54) is 6.33 Å². The molecule has 4 rings (SSSR count). The van der Waals surface area contributed by atoms with E-state index in [1.54, 1.807) is 25.4 Å². The fourth-order valence-corrected chi connectivity index (χ4v) is 4.39. The van der Waals surface area contributed by atoms with Gasteiger partial charge in [-0.25, -0.2) is 9.97 Å². The second-order valence-corrected chi connectivity index (χ2v) is 7.58. The van der Waals surface area contributed by atoms with E-state index in [0.717, 1.165) is 44.3 Å². The highest BCUT2D eigenvalue weighted by Crippen LogP contribution is 2.38. The number of pyridine rings is 1. The quantitative estimate of drug-likeness (QED) is 0.598. The van der Waals surface area contributed by atoms with Gasteiger partial charge in [-0.2, -0.15) is 4.40 Å². The van der Waals surface area contributed by atoms with Gasteiger partial charge in [0, 0.05) is 6.20 Å². The average molecular weight is 407 g/mol. The van der Waals surface area contributed by atoms with Crippen LogP contribution in [0, 0.1) is 0 Å². The summed E-state index contributed by atoms with van der Waals surface area (Å²) in [5.74, 6) is 0.435. The van der Waals surface area contributed by atoms with Crippen LogP contribution in [0.25, 0.3) is 0 Å². The van der Waals surface area contributed by atoms with E-state index in [4.69, 9.17) is 15.8 Å². The predicted molar refractivity (Wildman–Crippen MR) is 103 cm³/mol. The summed E-state index contributed by atoms with van der Waals surface area (Å²) < 4.78 is 11.5. The molecule has 2 aromatic heterocycles. The van der Waals surface area contributed by atoms with Crippen molar-refractivity contribution in [3.8, 4) is 0 Å². The van der Waals surface area contributed by atoms with Gasteiger partial charge in [-0.3, -0.25) is 13.5 Å². The zero-order valence-electron chi connectivity index (χ0n) is 14.7. The van der Waals surface area contributed by atoms with Gasteiger partial charge in [0.15, 0.2) is 5.49 Å². The lowest BCUT2D eigenvalue weighted by Crippen LogP contribution is -2.49. The lowest BCUT2D eigenvalue weighted by Gasteiger charge is -2.36. The highest BCUT2D eigenvalue weighted by molar-refractivity contribution is 7.93. The molecule has 1 amide bonds. The monoisotopic (exact) mass is 406 g/mol. The van der Waals surface area contributed by atoms with E-state index in [-0.39, 0.29) is 5.91 Å². The second-order valence-electron chi connectivity index (χ2n) is 6.51. The molecule has 2 N–H and O–H groups in total. The zero-order valence-corrected chi connectivity index (χ0v) is 16.3. The molecule has 10 heteroatoms. The van der Waals surface area contributed by atoms with Gasteiger partial charge >= 0.3 is 0 Å². The van der Waals surface area contributed by atoms with Gasteiger partial charge in [-0.15, -0.1) is 0 Å². The highest BCUT2D eigenvalue weighted by atomic mass is 35.5. The number of carbonyl (C=O) groups is 1. The van der Waals surface area contributed by atoms with Gasteiger partial charge in [0.1, 0.15) is 35.7 Å². The van der Waals surface area contributed by atoms with Crippen LogP contribution in [0.4, 0.5) is 11.5 Å². The number of fused-ring (bicyclic) bond motifs is 2. The van der Waals surface area contributed by atoms with Crippen molar-refractivity contribution in [1.29, 1.82) is 0 Å². The van der Waals surface area contributed by atoms with E-state index in [0.29, 0.717) is 27.7 Å². The number of rotatable bonds is 4. The van der Waals surface area contributed by atoms with Crippen LogP contribution >= 0.6 is 23.8 Å². The molecular formula is C17H19ClN6O2S. The third-order valence-corrected chi connectivity index (χ3v) is 5.57. The molecular weight excluding hydrogens is 388 g/mol. The van der Waals surface area contributed by atoms with Crippen LogP contribution in [0.3, 0.4) is 0 Å². The molecule has 1 aliphatic heterocycles. The highest BCUT2D eigenvalue weighted by Gasteiger charge is 2.45. The van der Waals surface area contributed by atoms with E-state index in [9.17, 15) is 4.79 Å². The molecule has 0 atom stereocenters. The molecule has 0 radical (unpaired) electrons. The van der Waals surface area contributed by atoms with Crippen molar-refractivity contribution in [2.45, 2.75) is 37.8 Å². The number of anilines is 2. The Labute approximate surface area is 165 Å². The van der Waals surface area contributed by atoms with E-state index >= 15 is 0 Å². The smallest absolute Gasteiger partial charge is 0.271 e. The second kappa shape index (κ2) is 7.49. The molecule has 1 spiro atoms. The number of nitrogens with one attached hydrogen (secondary N) is 2. The van der Waals surface area contributed by atoms with Gasteiger partial charge in [0.2, 0.25) is 0 Å². The standard InChI is InChI=1S/C17H19ClN6O2S/c1-26-27-23-15-12(21-13-5-8-19-10-20-13)9-11(18)14-16(25)22-17(24(14)15)6-3-2-4-7-17/h5,8-10H,2-4,6-7H2,1H3,(H,22,25)(H,19,20,21). The third kappa shape index (κ3) is 3.30. The molecule has 0 aromatic carbocycles. The summed E-state index contributed by atoms with van der Waals surface area (Å²) in [6.45, 7) is 0. The van der Waals surface area contributed by atoms with Crippen molar-refractivity contribution >= 4 is 41.2 Å². The molecule has 8 nitrogen and oxygen atoms in total. The molecule has 1 fully saturated rings. The first kappa shape index (κ1) is 18.3. The zero-order chi connectivity index (χ0) is 18.9. The Morgan fingerprint density at radius 2 is 2.22 bits per heavy atom. The van der Waals surface area contributed by atoms with E-state index in [1.807, 2.05) is 4.57 Å². The van der Waals surface area contributed by atoms with Gasteiger partial charge < -0.3 is 10.6 Å². The number of halogens is 1. The molecule has 27 heavy (non-hydrogen) atoms. The minimum Gasteiger partial charge on any atom is -0.337 e. The summed E-state index contributed by atoms with van der Waals surface area (Å²) in [6.07, 6.45) is 7.99. The van der Waals surface area contributed by atoms with Crippen molar-refractivity contribution in [1.82, 2.24) is 19.9 Å². The molecule has 3 heterocycles. The van der Waals surface area contributed by atoms with Crippen LogP contribution in [-0.4, -0.2) is 27.6 Å². The number of aromatic nitrogens is 3. The molecule has 0 unspecified atom stereocenters. The normalized spacial score (nSPS) is 18.4. The predicted octanol–water partition coefficient (Wildman–Crippen LogP) is 3.15. The topological polar surface area (TPSA) is 93.4 Å². The molecule has 2 aliphatic rings. The van der Waals surface area contributed by atoms with Crippen molar-refractivity contribution in [3.05, 3.63) is 40.9 Å². The number of amides is 1. The fourth-order valence-electron chi connectivity index (χ4n) is 3.79. The van der Waals surface area contributed by atoms with Gasteiger partial charge in [0.05, 0.1) is 17.8 Å². The molecule has 1 aliphatic carbocycles. The molecule has 1 saturated carbocycles. The van der Waals surface area contributed by atoms with Crippen LogP contribution in [0.1, 0.15) is 42.6 Å². The van der Waals surface area contributed by atoms with Crippen molar-refractivity contribution in [3.63, 3.8) is 0 Å². The van der Waals surface area contributed by atoms with Gasteiger partial charge in [-0.1, -0.05) is 18.0 Å². The summed E-state index contributed by atoms with van der Waals surface area (Å²) in [6, 6.07) is 3.45. The maximum absolute atomic E-state index is 12.7. The van der Waals surface area contributed by atoms with Crippen LogP contribution in [-0.2, 0) is 9.85 Å². The van der Waals surface area contributed by atoms with E-state index in [2.05, 4.69) is 25.0 Å². The Kier molecular flexibility index (Phi) is 5.07. The molecule has 0 saturated heterocycles. The van der Waals surface area contributed by atoms with E-state index < -0.39 is 5.66 Å². The summed E-state index contributed by atoms with van der Waals surface area (Å²) in [5.41, 5.74) is 1.15. The Morgan fingerprint density at radius 3 is 2.93 bits per heavy atom. The average Bonchev–Trinajstić information content (AvgIpc) is 2.95. The minimum absolute atomic E-state index is 0.172. The number of hydrogen-bond donors (Lipinski definition) is 2. The number of carbonyl (C=O) groups excluding carboxylic acids is 1. The maximum atomic E-state index is 12.7. The lowest BCUT2D eigenvalue weighted by atomic mass is 9.89. The van der Waals surface area contributed by atoms with Crippen molar-refractivity contribution in [2.24, 2.45) is 4.40 Å². The Hall–Kier alpha value is -2.10. The van der Waals surface area contributed by atoms with Gasteiger partial charge in [-0.05, 0) is 37.8 Å².